The molecule has 1 N–H and O–H groups in total. The monoisotopic (exact) mass is 460 g/mol. The smallest absolute Gasteiger partial charge is 0.422 e. The largest absolute Gasteiger partial charge is 0.483 e. The highest BCUT2D eigenvalue weighted by molar-refractivity contribution is 5.98. The number of aliphatic hydroxyl groups is 1. The summed E-state index contributed by atoms with van der Waals surface area (Å²) in [6.07, 6.45) is -3.33. The summed E-state index contributed by atoms with van der Waals surface area (Å²) in [5, 5.41) is 14.2. The molecule has 0 amide bonds. The summed E-state index contributed by atoms with van der Waals surface area (Å²) in [5.74, 6) is -0.629. The summed E-state index contributed by atoms with van der Waals surface area (Å²) < 4.78 is 44.0. The van der Waals surface area contributed by atoms with Crippen LogP contribution in [0.5, 0.6) is 5.75 Å². The molecule has 1 aromatic heterocycles. The van der Waals surface area contributed by atoms with Crippen molar-refractivity contribution in [2.24, 2.45) is 7.05 Å². The first-order chi connectivity index (χ1) is 15.3. The van der Waals surface area contributed by atoms with Gasteiger partial charge in [0.1, 0.15) is 11.4 Å². The Kier molecular flexibility index (Phi) is 6.73. The van der Waals surface area contributed by atoms with Crippen molar-refractivity contribution < 1.29 is 27.8 Å². The molecule has 0 aliphatic rings. The molecule has 2 aromatic carbocycles. The molecule has 1 heterocycles. The number of halogens is 3. The third kappa shape index (κ3) is 6.07. The number of ether oxygens (including phenoxy) is 1. The maximum absolute atomic E-state index is 13.1. The second-order valence-electron chi connectivity index (χ2n) is 8.15. The number of benzene rings is 2. The fraction of sp³-hybridized carbons (Fsp3) is 0.292. The van der Waals surface area contributed by atoms with E-state index < -0.39 is 29.6 Å². The van der Waals surface area contributed by atoms with Crippen LogP contribution in [0, 0.1) is 0 Å². The second-order valence-corrected chi connectivity index (χ2v) is 8.15. The standard InChI is InChI=1S/C24H23F3N2O4/c1-23(2,32)16-10-8-15(9-11-16)12-19(30)18-13-29(3)28-21(22(18)31)17-6-4-5-7-20(17)33-14-24(25,26)27/h4-11,13,32H,12,14H2,1-3H3. The van der Waals surface area contributed by atoms with Gasteiger partial charge in [0.15, 0.2) is 12.4 Å². The quantitative estimate of drug-likeness (QED) is 0.539. The summed E-state index contributed by atoms with van der Waals surface area (Å²) in [6.45, 7) is 1.76. The molecule has 0 radical (unpaired) electrons. The number of carbonyl (C=O) groups is 1. The zero-order chi connectivity index (χ0) is 24.4. The van der Waals surface area contributed by atoms with Gasteiger partial charge < -0.3 is 9.84 Å². The van der Waals surface area contributed by atoms with Crippen molar-refractivity contribution in [3.8, 4) is 17.0 Å². The van der Waals surface area contributed by atoms with Gasteiger partial charge in [-0.1, -0.05) is 36.4 Å². The first-order valence-electron chi connectivity index (χ1n) is 10.1. The van der Waals surface area contributed by atoms with Crippen LogP contribution in [0.15, 0.2) is 59.5 Å². The third-order valence-electron chi connectivity index (χ3n) is 4.89. The van der Waals surface area contributed by atoms with E-state index in [0.717, 1.165) is 0 Å². The van der Waals surface area contributed by atoms with Crippen LogP contribution >= 0.6 is 0 Å². The number of aromatic nitrogens is 2. The SMILES string of the molecule is Cn1cc(C(=O)Cc2ccc(C(C)(C)O)cc2)c(=O)c(-c2ccccc2OCC(F)(F)F)n1. The maximum atomic E-state index is 13.1. The minimum Gasteiger partial charge on any atom is -0.483 e. The molecule has 6 nitrogen and oxygen atoms in total. The van der Waals surface area contributed by atoms with E-state index in [2.05, 4.69) is 5.10 Å². The van der Waals surface area contributed by atoms with E-state index in [-0.39, 0.29) is 29.0 Å². The number of nitrogens with zero attached hydrogens (tertiary/aromatic N) is 2. The van der Waals surface area contributed by atoms with E-state index in [1.807, 2.05) is 0 Å². The minimum absolute atomic E-state index is 0.0616. The van der Waals surface area contributed by atoms with E-state index in [4.69, 9.17) is 4.74 Å². The van der Waals surface area contributed by atoms with Gasteiger partial charge in [0.05, 0.1) is 11.2 Å². The minimum atomic E-state index is -4.55. The van der Waals surface area contributed by atoms with Crippen LogP contribution in [-0.4, -0.2) is 33.5 Å². The van der Waals surface area contributed by atoms with E-state index in [1.54, 1.807) is 38.1 Å². The Bertz CT molecular complexity index is 1210. The van der Waals surface area contributed by atoms with Gasteiger partial charge in [0, 0.05) is 25.2 Å². The highest BCUT2D eigenvalue weighted by Gasteiger charge is 2.29. The highest BCUT2D eigenvalue weighted by Crippen LogP contribution is 2.28. The molecular formula is C24H23F3N2O4. The van der Waals surface area contributed by atoms with Crippen molar-refractivity contribution in [1.29, 1.82) is 0 Å². The van der Waals surface area contributed by atoms with Crippen LogP contribution in [-0.2, 0) is 19.1 Å². The van der Waals surface area contributed by atoms with E-state index >= 15 is 0 Å². The van der Waals surface area contributed by atoms with Crippen molar-refractivity contribution in [2.75, 3.05) is 6.61 Å². The summed E-state index contributed by atoms with van der Waals surface area (Å²) in [5.41, 5.74) is -0.669. The number of Topliss-reactive ketones (excluding diaryl/α,β-unsaturated/α-hetero) is 1. The van der Waals surface area contributed by atoms with E-state index in [9.17, 15) is 27.9 Å². The Morgan fingerprint density at radius 2 is 1.73 bits per heavy atom. The Hall–Kier alpha value is -3.46. The van der Waals surface area contributed by atoms with Gasteiger partial charge in [-0.15, -0.1) is 0 Å². The molecule has 0 unspecified atom stereocenters. The lowest BCUT2D eigenvalue weighted by molar-refractivity contribution is -0.153. The topological polar surface area (TPSA) is 81.4 Å². The van der Waals surface area contributed by atoms with Gasteiger partial charge in [-0.3, -0.25) is 14.3 Å². The molecule has 174 valence electrons. The summed E-state index contributed by atoms with van der Waals surface area (Å²) >= 11 is 0. The Labute approximate surface area is 188 Å². The van der Waals surface area contributed by atoms with Crippen LogP contribution in [0.1, 0.15) is 35.3 Å². The van der Waals surface area contributed by atoms with Crippen molar-refractivity contribution in [2.45, 2.75) is 32.0 Å². The average molecular weight is 460 g/mol. The Morgan fingerprint density at radius 1 is 1.09 bits per heavy atom. The molecule has 0 bridgehead atoms. The fourth-order valence-electron chi connectivity index (χ4n) is 3.24. The molecule has 0 atom stereocenters. The lowest BCUT2D eigenvalue weighted by Gasteiger charge is -2.17. The molecule has 0 saturated heterocycles. The zero-order valence-electron chi connectivity index (χ0n) is 18.3. The number of aryl methyl sites for hydroxylation is 1. The summed E-state index contributed by atoms with van der Waals surface area (Å²) in [4.78, 5) is 26.0. The van der Waals surface area contributed by atoms with Gasteiger partial charge in [0.2, 0.25) is 5.43 Å². The number of hydrogen-bond acceptors (Lipinski definition) is 5. The first kappa shape index (κ1) is 24.2. The summed E-state index contributed by atoms with van der Waals surface area (Å²) in [7, 11) is 1.51. The van der Waals surface area contributed by atoms with Gasteiger partial charge in [-0.2, -0.15) is 18.3 Å². The molecule has 0 saturated carbocycles. The summed E-state index contributed by atoms with van der Waals surface area (Å²) in [6, 6.07) is 12.5. The number of rotatable bonds is 7. The predicted octanol–water partition coefficient (Wildman–Crippen LogP) is 4.04. The molecule has 0 aliphatic carbocycles. The third-order valence-corrected chi connectivity index (χ3v) is 4.89. The molecule has 0 spiro atoms. The van der Waals surface area contributed by atoms with Crippen LogP contribution < -0.4 is 10.2 Å². The van der Waals surface area contributed by atoms with Gasteiger partial charge >= 0.3 is 6.18 Å². The van der Waals surface area contributed by atoms with Crippen LogP contribution in [0.3, 0.4) is 0 Å². The van der Waals surface area contributed by atoms with Crippen molar-refractivity contribution in [1.82, 2.24) is 9.78 Å². The predicted molar refractivity (Wildman–Crippen MR) is 116 cm³/mol. The molecule has 33 heavy (non-hydrogen) atoms. The fourth-order valence-corrected chi connectivity index (χ4v) is 3.24. The van der Waals surface area contributed by atoms with Crippen LogP contribution in [0.25, 0.3) is 11.3 Å². The maximum Gasteiger partial charge on any atom is 0.422 e. The lowest BCUT2D eigenvalue weighted by atomic mass is 9.95. The lowest BCUT2D eigenvalue weighted by Crippen LogP contribution is -2.24. The molecule has 0 aliphatic heterocycles. The van der Waals surface area contributed by atoms with E-state index in [1.165, 1.54) is 42.2 Å². The van der Waals surface area contributed by atoms with Crippen LogP contribution in [0.4, 0.5) is 13.2 Å². The molecular weight excluding hydrogens is 437 g/mol. The normalized spacial score (nSPS) is 12.0. The van der Waals surface area contributed by atoms with Crippen molar-refractivity contribution in [3.05, 3.63) is 81.6 Å². The molecule has 9 heteroatoms. The Balaban J connectivity index is 1.94. The zero-order valence-corrected chi connectivity index (χ0v) is 18.3. The van der Waals surface area contributed by atoms with Gasteiger partial charge in [-0.25, -0.2) is 0 Å². The second kappa shape index (κ2) is 9.19. The Morgan fingerprint density at radius 3 is 2.33 bits per heavy atom. The van der Waals surface area contributed by atoms with Gasteiger partial charge in [-0.05, 0) is 37.1 Å². The van der Waals surface area contributed by atoms with Crippen LogP contribution in [0.2, 0.25) is 0 Å². The van der Waals surface area contributed by atoms with E-state index in [0.29, 0.717) is 11.1 Å². The number of hydrogen-bond donors (Lipinski definition) is 1. The van der Waals surface area contributed by atoms with Crippen molar-refractivity contribution >= 4 is 5.78 Å². The van der Waals surface area contributed by atoms with Gasteiger partial charge in [0.25, 0.3) is 0 Å². The molecule has 3 rings (SSSR count). The highest BCUT2D eigenvalue weighted by atomic mass is 19.4. The number of alkyl halides is 3. The average Bonchev–Trinajstić information content (AvgIpc) is 2.73. The number of para-hydroxylation sites is 1. The number of carbonyl (C=O) groups excluding carboxylic acids is 1. The molecule has 3 aromatic rings. The molecule has 0 fully saturated rings. The van der Waals surface area contributed by atoms with Crippen molar-refractivity contribution in [3.63, 3.8) is 0 Å². The first-order valence-corrected chi connectivity index (χ1v) is 10.1. The number of ketones is 1.